The molecule has 3 rings (SSSR count). The minimum atomic E-state index is -1.17. The Morgan fingerprint density at radius 2 is 2.17 bits per heavy atom. The molecule has 0 saturated heterocycles. The maximum Gasteiger partial charge on any atom is 0.331 e. The third-order valence-electron chi connectivity index (χ3n) is 4.35. The summed E-state index contributed by atoms with van der Waals surface area (Å²) in [5.74, 6) is -1.01. The van der Waals surface area contributed by atoms with Crippen LogP contribution >= 0.6 is 11.6 Å². The lowest BCUT2D eigenvalue weighted by Crippen LogP contribution is -2.35. The Balaban J connectivity index is 1.65. The average Bonchev–Trinajstić information content (AvgIpc) is 3.19. The molecule has 0 bridgehead atoms. The van der Waals surface area contributed by atoms with Crippen LogP contribution in [0.2, 0.25) is 5.02 Å². The SMILES string of the molecule is CC(C)(C(=O)O)n1cc(NC(=O)C2CC2c2cccc(Cl)c2)cn1. The van der Waals surface area contributed by atoms with E-state index in [0.717, 1.165) is 12.0 Å². The van der Waals surface area contributed by atoms with Crippen LogP contribution in [0.3, 0.4) is 0 Å². The van der Waals surface area contributed by atoms with Gasteiger partial charge in [0.2, 0.25) is 5.91 Å². The smallest absolute Gasteiger partial charge is 0.331 e. The second-order valence-electron chi connectivity index (χ2n) is 6.53. The number of hydrogen-bond acceptors (Lipinski definition) is 3. The minimum Gasteiger partial charge on any atom is -0.479 e. The normalized spacial score (nSPS) is 19.8. The Bertz CT molecular complexity index is 800. The number of nitrogens with one attached hydrogen (secondary N) is 1. The minimum absolute atomic E-state index is 0.0901. The van der Waals surface area contributed by atoms with Gasteiger partial charge in [0, 0.05) is 17.1 Å². The van der Waals surface area contributed by atoms with E-state index in [1.165, 1.54) is 17.1 Å². The van der Waals surface area contributed by atoms with Gasteiger partial charge in [0.05, 0.1) is 11.9 Å². The van der Waals surface area contributed by atoms with Crippen molar-refractivity contribution in [3.05, 3.63) is 47.2 Å². The number of nitrogens with zero attached hydrogens (tertiary/aromatic N) is 2. The largest absolute Gasteiger partial charge is 0.479 e. The average molecular weight is 348 g/mol. The molecule has 1 amide bonds. The summed E-state index contributed by atoms with van der Waals surface area (Å²) in [6, 6.07) is 7.54. The second kappa shape index (κ2) is 5.94. The Morgan fingerprint density at radius 1 is 1.42 bits per heavy atom. The fourth-order valence-corrected chi connectivity index (χ4v) is 2.82. The maximum absolute atomic E-state index is 12.3. The molecule has 2 N–H and O–H groups in total. The third-order valence-corrected chi connectivity index (χ3v) is 4.59. The summed E-state index contributed by atoms with van der Waals surface area (Å²) >= 11 is 5.99. The number of carboxylic acid groups (broad SMARTS) is 1. The molecular weight excluding hydrogens is 330 g/mol. The van der Waals surface area contributed by atoms with Crippen molar-refractivity contribution >= 4 is 29.2 Å². The standard InChI is InChI=1S/C17H18ClN3O3/c1-17(2,16(23)24)21-9-12(8-19-21)20-15(22)14-7-13(14)10-4-3-5-11(18)6-10/h3-6,8-9,13-14H,7H2,1-2H3,(H,20,22)(H,23,24). The fourth-order valence-electron chi connectivity index (χ4n) is 2.62. The van der Waals surface area contributed by atoms with Crippen LogP contribution < -0.4 is 5.32 Å². The van der Waals surface area contributed by atoms with E-state index in [1.54, 1.807) is 19.9 Å². The van der Waals surface area contributed by atoms with E-state index in [2.05, 4.69) is 10.4 Å². The summed E-state index contributed by atoms with van der Waals surface area (Å²) in [6.45, 7) is 3.09. The molecule has 1 aliphatic carbocycles. The predicted molar refractivity (Wildman–Crippen MR) is 90.1 cm³/mol. The van der Waals surface area contributed by atoms with Gasteiger partial charge < -0.3 is 10.4 Å². The zero-order valence-corrected chi connectivity index (χ0v) is 14.1. The van der Waals surface area contributed by atoms with Crippen molar-refractivity contribution in [2.45, 2.75) is 31.7 Å². The quantitative estimate of drug-likeness (QED) is 0.870. The highest BCUT2D eigenvalue weighted by atomic mass is 35.5. The van der Waals surface area contributed by atoms with Crippen molar-refractivity contribution in [3.63, 3.8) is 0 Å². The van der Waals surface area contributed by atoms with Gasteiger partial charge in [0.15, 0.2) is 5.54 Å². The van der Waals surface area contributed by atoms with Gasteiger partial charge in [-0.2, -0.15) is 5.10 Å². The van der Waals surface area contributed by atoms with Crippen LogP contribution in [0.15, 0.2) is 36.7 Å². The van der Waals surface area contributed by atoms with Crippen molar-refractivity contribution in [1.29, 1.82) is 0 Å². The lowest BCUT2D eigenvalue weighted by atomic mass is 10.1. The number of rotatable bonds is 5. The number of aliphatic carboxylic acids is 1. The molecule has 1 saturated carbocycles. The summed E-state index contributed by atoms with van der Waals surface area (Å²) < 4.78 is 1.33. The molecule has 0 spiro atoms. The molecule has 7 heteroatoms. The molecule has 1 heterocycles. The molecule has 126 valence electrons. The van der Waals surface area contributed by atoms with Crippen LogP contribution in [0, 0.1) is 5.92 Å². The Morgan fingerprint density at radius 3 is 2.83 bits per heavy atom. The highest BCUT2D eigenvalue weighted by Gasteiger charge is 2.44. The third kappa shape index (κ3) is 3.14. The molecule has 1 aromatic carbocycles. The van der Waals surface area contributed by atoms with E-state index in [4.69, 9.17) is 11.6 Å². The van der Waals surface area contributed by atoms with E-state index < -0.39 is 11.5 Å². The van der Waals surface area contributed by atoms with Gasteiger partial charge in [-0.1, -0.05) is 23.7 Å². The van der Waals surface area contributed by atoms with Crippen LogP contribution in [0.4, 0.5) is 5.69 Å². The van der Waals surface area contributed by atoms with Gasteiger partial charge in [-0.05, 0) is 43.9 Å². The lowest BCUT2D eigenvalue weighted by Gasteiger charge is -2.19. The van der Waals surface area contributed by atoms with E-state index in [1.807, 2.05) is 18.2 Å². The van der Waals surface area contributed by atoms with Gasteiger partial charge in [-0.15, -0.1) is 0 Å². The van der Waals surface area contributed by atoms with Crippen molar-refractivity contribution in [1.82, 2.24) is 9.78 Å². The molecule has 2 atom stereocenters. The number of amides is 1. The van der Waals surface area contributed by atoms with Crippen LogP contribution in [0.1, 0.15) is 31.7 Å². The molecular formula is C17H18ClN3O3. The summed E-state index contributed by atoms with van der Waals surface area (Å²) in [6.07, 6.45) is 3.77. The number of carbonyl (C=O) groups excluding carboxylic acids is 1. The second-order valence-corrected chi connectivity index (χ2v) is 6.97. The summed E-state index contributed by atoms with van der Waals surface area (Å²) in [5, 5.41) is 16.7. The highest BCUT2D eigenvalue weighted by molar-refractivity contribution is 6.30. The van der Waals surface area contributed by atoms with E-state index >= 15 is 0 Å². The number of carboxylic acids is 1. The highest BCUT2D eigenvalue weighted by Crippen LogP contribution is 2.48. The number of carbonyl (C=O) groups is 2. The van der Waals surface area contributed by atoms with Crippen LogP contribution in [-0.2, 0) is 15.1 Å². The summed E-state index contributed by atoms with van der Waals surface area (Å²) in [7, 11) is 0. The van der Waals surface area contributed by atoms with Crippen molar-refractivity contribution < 1.29 is 14.7 Å². The number of benzene rings is 1. The molecule has 6 nitrogen and oxygen atoms in total. The maximum atomic E-state index is 12.3. The molecule has 1 fully saturated rings. The Kier molecular flexibility index (Phi) is 4.09. The molecule has 1 aromatic heterocycles. The fraction of sp³-hybridized carbons (Fsp3) is 0.353. The number of hydrogen-bond donors (Lipinski definition) is 2. The van der Waals surface area contributed by atoms with Gasteiger partial charge in [-0.25, -0.2) is 4.79 Å². The van der Waals surface area contributed by atoms with Gasteiger partial charge in [0.25, 0.3) is 0 Å². The monoisotopic (exact) mass is 347 g/mol. The molecule has 2 unspecified atom stereocenters. The first kappa shape index (κ1) is 16.5. The van der Waals surface area contributed by atoms with Crippen LogP contribution in [-0.4, -0.2) is 26.8 Å². The first-order valence-electron chi connectivity index (χ1n) is 7.64. The van der Waals surface area contributed by atoms with E-state index in [9.17, 15) is 14.7 Å². The van der Waals surface area contributed by atoms with E-state index in [-0.39, 0.29) is 17.7 Å². The van der Waals surface area contributed by atoms with E-state index in [0.29, 0.717) is 10.7 Å². The van der Waals surface area contributed by atoms with Gasteiger partial charge in [0.1, 0.15) is 0 Å². The molecule has 1 aliphatic rings. The first-order chi connectivity index (χ1) is 11.3. The number of halogens is 1. The zero-order valence-electron chi connectivity index (χ0n) is 13.4. The van der Waals surface area contributed by atoms with Crippen molar-refractivity contribution in [2.75, 3.05) is 5.32 Å². The Labute approximate surface area is 144 Å². The molecule has 0 aliphatic heterocycles. The predicted octanol–water partition coefficient (Wildman–Crippen LogP) is 3.10. The van der Waals surface area contributed by atoms with Crippen LogP contribution in [0.25, 0.3) is 0 Å². The van der Waals surface area contributed by atoms with Crippen molar-refractivity contribution in [3.8, 4) is 0 Å². The number of anilines is 1. The van der Waals surface area contributed by atoms with Crippen LogP contribution in [0.5, 0.6) is 0 Å². The topological polar surface area (TPSA) is 84.2 Å². The molecule has 0 radical (unpaired) electrons. The van der Waals surface area contributed by atoms with Crippen molar-refractivity contribution in [2.24, 2.45) is 5.92 Å². The molecule has 2 aromatic rings. The number of aromatic nitrogens is 2. The molecule has 24 heavy (non-hydrogen) atoms. The zero-order chi connectivity index (χ0) is 17.5. The summed E-state index contributed by atoms with van der Waals surface area (Å²) in [4.78, 5) is 23.6. The first-order valence-corrected chi connectivity index (χ1v) is 8.01. The Hall–Kier alpha value is -2.34. The summed E-state index contributed by atoms with van der Waals surface area (Å²) in [5.41, 5.74) is 0.378. The van der Waals surface area contributed by atoms with Gasteiger partial charge >= 0.3 is 5.97 Å². The van der Waals surface area contributed by atoms with Gasteiger partial charge in [-0.3, -0.25) is 9.48 Å². The lowest BCUT2D eigenvalue weighted by molar-refractivity contribution is -0.146.